The van der Waals surface area contributed by atoms with E-state index in [0.29, 0.717) is 24.7 Å². The molecule has 126 valence electrons. The first kappa shape index (κ1) is 16.4. The monoisotopic (exact) mass is 345 g/mol. The van der Waals surface area contributed by atoms with E-state index >= 15 is 0 Å². The molecule has 3 rings (SSSR count). The summed E-state index contributed by atoms with van der Waals surface area (Å²) in [6.45, 7) is 5.04. The van der Waals surface area contributed by atoms with Gasteiger partial charge in [0.15, 0.2) is 11.5 Å². The highest BCUT2D eigenvalue weighted by Crippen LogP contribution is 2.30. The summed E-state index contributed by atoms with van der Waals surface area (Å²) in [6.07, 6.45) is 1.10. The van der Waals surface area contributed by atoms with Gasteiger partial charge in [-0.3, -0.25) is 4.79 Å². The van der Waals surface area contributed by atoms with Gasteiger partial charge in [-0.1, -0.05) is 0 Å². The summed E-state index contributed by atoms with van der Waals surface area (Å²) >= 11 is 1.48. The van der Waals surface area contributed by atoms with Crippen LogP contribution in [0.1, 0.15) is 29.6 Å². The van der Waals surface area contributed by atoms with Gasteiger partial charge >= 0.3 is 0 Å². The Bertz CT molecular complexity index is 770. The number of hydrogen-bond donors (Lipinski definition) is 1. The molecule has 1 N–H and O–H groups in total. The quantitative estimate of drug-likeness (QED) is 0.683. The van der Waals surface area contributed by atoms with Crippen LogP contribution in [0.3, 0.4) is 0 Å². The normalized spacial score (nSPS) is 14.2. The second-order valence-corrected chi connectivity index (χ2v) is 6.45. The number of thiazole rings is 1. The molecule has 0 spiro atoms. The number of amides is 1. The average Bonchev–Trinajstić information content (AvgIpc) is 2.84. The molecule has 1 aliphatic heterocycles. The molecular formula is C17H19N3O3S. The van der Waals surface area contributed by atoms with Crippen LogP contribution in [0, 0.1) is 6.92 Å². The third-order valence-electron chi connectivity index (χ3n) is 3.49. The lowest BCUT2D eigenvalue weighted by Gasteiger charge is -2.09. The lowest BCUT2D eigenvalue weighted by Crippen LogP contribution is -2.21. The maximum Gasteiger partial charge on any atom is 0.246 e. The van der Waals surface area contributed by atoms with Crippen molar-refractivity contribution in [1.29, 1.82) is 0 Å². The molecule has 1 aromatic carbocycles. The molecule has 2 aromatic rings. The van der Waals surface area contributed by atoms with Gasteiger partial charge < -0.3 is 9.47 Å². The number of hydrogen-bond acceptors (Lipinski definition) is 6. The van der Waals surface area contributed by atoms with Gasteiger partial charge in [-0.05, 0) is 32.0 Å². The third-order valence-corrected chi connectivity index (χ3v) is 4.46. The molecule has 1 aromatic heterocycles. The Hall–Kier alpha value is -2.41. The fraction of sp³-hybridized carbons (Fsp3) is 0.353. The minimum absolute atomic E-state index is 0.182. The maximum absolute atomic E-state index is 11.9. The van der Waals surface area contributed by atoms with Crippen LogP contribution in [0.4, 0.5) is 0 Å². The first-order chi connectivity index (χ1) is 11.6. The SMILES string of the molecule is C/C(=N/NC(=O)Cc1nc(C)cs1)c1ccc2c(c1)OCCCO2. The van der Waals surface area contributed by atoms with Crippen molar-refractivity contribution in [3.63, 3.8) is 0 Å². The standard InChI is InChI=1S/C17H19N3O3S/c1-11-10-24-17(18-11)9-16(21)20-19-12(2)13-4-5-14-15(8-13)23-7-3-6-22-14/h4-5,8,10H,3,6-7,9H2,1-2H3,(H,20,21)/b19-12-. The van der Waals surface area contributed by atoms with Crippen LogP contribution >= 0.6 is 11.3 Å². The minimum atomic E-state index is -0.182. The number of carbonyl (C=O) groups excluding carboxylic acids is 1. The molecule has 1 aliphatic rings. The summed E-state index contributed by atoms with van der Waals surface area (Å²) in [4.78, 5) is 16.2. The number of rotatable bonds is 4. The molecule has 0 aliphatic carbocycles. The van der Waals surface area contributed by atoms with Crippen molar-refractivity contribution in [3.05, 3.63) is 39.8 Å². The number of nitrogens with one attached hydrogen (secondary N) is 1. The molecule has 6 nitrogen and oxygen atoms in total. The van der Waals surface area contributed by atoms with Gasteiger partial charge in [-0.25, -0.2) is 10.4 Å². The van der Waals surface area contributed by atoms with Crippen LogP contribution in [0.2, 0.25) is 0 Å². The summed E-state index contributed by atoms with van der Waals surface area (Å²) in [5.41, 5.74) is 5.08. The second kappa shape index (κ2) is 7.44. The van der Waals surface area contributed by atoms with Crippen molar-refractivity contribution in [3.8, 4) is 11.5 Å². The van der Waals surface area contributed by atoms with E-state index in [1.54, 1.807) is 0 Å². The second-order valence-electron chi connectivity index (χ2n) is 5.50. The zero-order valence-electron chi connectivity index (χ0n) is 13.7. The van der Waals surface area contributed by atoms with E-state index < -0.39 is 0 Å². The zero-order chi connectivity index (χ0) is 16.9. The van der Waals surface area contributed by atoms with E-state index in [4.69, 9.17) is 9.47 Å². The van der Waals surface area contributed by atoms with Gasteiger partial charge in [0.1, 0.15) is 5.01 Å². The van der Waals surface area contributed by atoms with Crippen LogP contribution in [0.5, 0.6) is 11.5 Å². The Morgan fingerprint density at radius 1 is 1.33 bits per heavy atom. The number of fused-ring (bicyclic) bond motifs is 1. The number of hydrazone groups is 1. The number of aromatic nitrogens is 1. The summed E-state index contributed by atoms with van der Waals surface area (Å²) in [5, 5.41) is 6.88. The van der Waals surface area contributed by atoms with E-state index in [1.165, 1.54) is 11.3 Å². The molecule has 7 heteroatoms. The smallest absolute Gasteiger partial charge is 0.246 e. The predicted octanol–water partition coefficient (Wildman–Crippen LogP) is 2.70. The Kier molecular flexibility index (Phi) is 5.10. The molecule has 1 amide bonds. The molecular weight excluding hydrogens is 326 g/mol. The van der Waals surface area contributed by atoms with Gasteiger partial charge in [0.25, 0.3) is 0 Å². The van der Waals surface area contributed by atoms with E-state index in [1.807, 2.05) is 37.4 Å². The molecule has 24 heavy (non-hydrogen) atoms. The van der Waals surface area contributed by atoms with Gasteiger partial charge in [0, 0.05) is 23.1 Å². The van der Waals surface area contributed by atoms with Crippen molar-refractivity contribution in [2.45, 2.75) is 26.7 Å². The fourth-order valence-electron chi connectivity index (χ4n) is 2.26. The first-order valence-electron chi connectivity index (χ1n) is 7.76. The zero-order valence-corrected chi connectivity index (χ0v) is 14.5. The summed E-state index contributed by atoms with van der Waals surface area (Å²) in [5.74, 6) is 1.27. The summed E-state index contributed by atoms with van der Waals surface area (Å²) in [7, 11) is 0. The molecule has 0 unspecified atom stereocenters. The number of carbonyl (C=O) groups is 1. The third kappa shape index (κ3) is 4.11. The highest BCUT2D eigenvalue weighted by molar-refractivity contribution is 7.09. The van der Waals surface area contributed by atoms with Crippen molar-refractivity contribution in [2.75, 3.05) is 13.2 Å². The Labute approximate surface area is 144 Å². The predicted molar refractivity (Wildman–Crippen MR) is 93.0 cm³/mol. The number of nitrogens with zero attached hydrogens (tertiary/aromatic N) is 2. The van der Waals surface area contributed by atoms with E-state index in [0.717, 1.165) is 28.4 Å². The molecule has 0 saturated carbocycles. The van der Waals surface area contributed by atoms with Crippen LogP contribution in [0.15, 0.2) is 28.7 Å². The van der Waals surface area contributed by atoms with Crippen molar-refractivity contribution < 1.29 is 14.3 Å². The molecule has 0 radical (unpaired) electrons. The molecule has 0 atom stereocenters. The van der Waals surface area contributed by atoms with E-state index in [-0.39, 0.29) is 12.3 Å². The molecule has 0 fully saturated rings. The summed E-state index contributed by atoms with van der Waals surface area (Å²) < 4.78 is 11.3. The van der Waals surface area contributed by atoms with Crippen LogP contribution in [-0.4, -0.2) is 29.8 Å². The summed E-state index contributed by atoms with van der Waals surface area (Å²) in [6, 6.07) is 5.66. The van der Waals surface area contributed by atoms with Gasteiger partial charge in [-0.15, -0.1) is 11.3 Å². The van der Waals surface area contributed by atoms with Crippen molar-refractivity contribution >= 4 is 23.0 Å². The van der Waals surface area contributed by atoms with Gasteiger partial charge in [0.05, 0.1) is 25.3 Å². The largest absolute Gasteiger partial charge is 0.490 e. The molecule has 2 heterocycles. The Morgan fingerprint density at radius 2 is 2.12 bits per heavy atom. The average molecular weight is 345 g/mol. The van der Waals surface area contributed by atoms with Crippen LogP contribution in [-0.2, 0) is 11.2 Å². The Balaban J connectivity index is 1.65. The first-order valence-corrected chi connectivity index (χ1v) is 8.64. The van der Waals surface area contributed by atoms with Crippen molar-refractivity contribution in [1.82, 2.24) is 10.4 Å². The number of aryl methyl sites for hydroxylation is 1. The lowest BCUT2D eigenvalue weighted by molar-refractivity contribution is -0.120. The minimum Gasteiger partial charge on any atom is -0.490 e. The molecule has 0 bridgehead atoms. The Morgan fingerprint density at radius 3 is 2.88 bits per heavy atom. The van der Waals surface area contributed by atoms with Gasteiger partial charge in [-0.2, -0.15) is 5.10 Å². The topological polar surface area (TPSA) is 72.8 Å². The fourth-order valence-corrected chi connectivity index (χ4v) is 3.03. The van der Waals surface area contributed by atoms with Crippen LogP contribution in [0.25, 0.3) is 0 Å². The van der Waals surface area contributed by atoms with E-state index in [2.05, 4.69) is 15.5 Å². The number of ether oxygens (including phenoxy) is 2. The highest BCUT2D eigenvalue weighted by atomic mass is 32.1. The van der Waals surface area contributed by atoms with Crippen molar-refractivity contribution in [2.24, 2.45) is 5.10 Å². The van der Waals surface area contributed by atoms with Crippen LogP contribution < -0.4 is 14.9 Å². The number of benzene rings is 1. The molecule has 0 saturated heterocycles. The highest BCUT2D eigenvalue weighted by Gasteiger charge is 2.12. The lowest BCUT2D eigenvalue weighted by atomic mass is 10.1. The maximum atomic E-state index is 11.9. The van der Waals surface area contributed by atoms with E-state index in [9.17, 15) is 4.79 Å². The van der Waals surface area contributed by atoms with Gasteiger partial charge in [0.2, 0.25) is 5.91 Å².